The molecule has 0 amide bonds. The van der Waals surface area contributed by atoms with Gasteiger partial charge in [0, 0.05) is 0 Å². The molecule has 0 saturated carbocycles. The van der Waals surface area contributed by atoms with Gasteiger partial charge in [-0.3, -0.25) is 0 Å². The summed E-state index contributed by atoms with van der Waals surface area (Å²) in [5.74, 6) is -1.73. The van der Waals surface area contributed by atoms with E-state index in [2.05, 4.69) is 9.47 Å². The number of carbonyl (C=O) groups excluding carboxylic acids is 4. The zero-order valence-corrected chi connectivity index (χ0v) is 20.4. The van der Waals surface area contributed by atoms with Gasteiger partial charge in [0.2, 0.25) is 0 Å². The Bertz CT molecular complexity index is 1080. The van der Waals surface area contributed by atoms with Gasteiger partial charge in [0.15, 0.2) is 0 Å². The summed E-state index contributed by atoms with van der Waals surface area (Å²) in [5, 5.41) is 0. The molecule has 2 aliphatic rings. The molecule has 0 N–H and O–H groups in total. The Morgan fingerprint density at radius 3 is 1.11 bits per heavy atom. The molecule has 2 heterocycles. The summed E-state index contributed by atoms with van der Waals surface area (Å²) in [4.78, 5) is 46.0. The average Bonchev–Trinajstić information content (AvgIpc) is 3.36. The van der Waals surface area contributed by atoms with E-state index in [1.165, 1.54) is 24.3 Å². The highest BCUT2D eigenvalue weighted by Gasteiger charge is 2.30. The Morgan fingerprint density at radius 1 is 0.421 bits per heavy atom. The van der Waals surface area contributed by atoms with Gasteiger partial charge in [-0.25, -0.2) is 19.2 Å². The largest absolute Gasteiger partial charge is 0.491 e. The van der Waals surface area contributed by atoms with E-state index in [4.69, 9.17) is 28.4 Å². The smallest absolute Gasteiger partial charge is 0.347 e. The van der Waals surface area contributed by atoms with Gasteiger partial charge in [-0.15, -0.1) is 0 Å². The molecule has 0 saturated heterocycles. The van der Waals surface area contributed by atoms with Crippen LogP contribution in [-0.2, 0) is 28.4 Å². The second-order valence-electron chi connectivity index (χ2n) is 7.92. The number of rotatable bonds is 17. The number of ether oxygens (including phenoxy) is 8. The summed E-state index contributed by atoms with van der Waals surface area (Å²) in [6.07, 6.45) is 0. The molecule has 0 spiro atoms. The molecule has 0 bridgehead atoms. The monoisotopic (exact) mass is 530 g/mol. The van der Waals surface area contributed by atoms with Crippen molar-refractivity contribution >= 4 is 23.9 Å². The Labute approximate surface area is 217 Å². The van der Waals surface area contributed by atoms with E-state index in [-0.39, 0.29) is 35.5 Å². The minimum Gasteiger partial charge on any atom is -0.491 e. The first kappa shape index (κ1) is 27.2. The lowest BCUT2D eigenvalue weighted by Crippen LogP contribution is -2.14. The minimum atomic E-state index is -0.672. The molecule has 202 valence electrons. The molecule has 2 aromatic carbocycles. The van der Waals surface area contributed by atoms with Crippen molar-refractivity contribution in [2.75, 3.05) is 66.1 Å². The highest BCUT2D eigenvalue weighted by Crippen LogP contribution is 2.25. The molecular formula is C26H26O12. The Kier molecular flexibility index (Phi) is 9.76. The van der Waals surface area contributed by atoms with E-state index in [9.17, 15) is 19.2 Å². The maximum absolute atomic E-state index is 11.6. The Morgan fingerprint density at radius 2 is 0.737 bits per heavy atom. The third-order valence-electron chi connectivity index (χ3n) is 5.34. The first-order valence-electron chi connectivity index (χ1n) is 11.9. The number of carbonyl (C=O) groups is 4. The average molecular weight is 530 g/mol. The van der Waals surface area contributed by atoms with Gasteiger partial charge in [-0.05, 0) is 36.4 Å². The van der Waals surface area contributed by atoms with Gasteiger partial charge >= 0.3 is 23.9 Å². The van der Waals surface area contributed by atoms with E-state index >= 15 is 0 Å². The molecule has 12 heteroatoms. The van der Waals surface area contributed by atoms with Crippen molar-refractivity contribution in [1.29, 1.82) is 0 Å². The van der Waals surface area contributed by atoms with Gasteiger partial charge < -0.3 is 37.9 Å². The van der Waals surface area contributed by atoms with Crippen LogP contribution in [0.15, 0.2) is 36.4 Å². The standard InChI is InChI=1S/C26H26O12/c27-23-19-3-1-17(15-21(19)25(29)37-23)35-13-11-33-9-7-31-5-6-32-8-10-34-12-14-36-18-2-4-20-22(16-18)26(30)38-24(20)28/h1-4,15-16H,5-14H2. The van der Waals surface area contributed by atoms with Crippen LogP contribution in [0, 0.1) is 0 Å². The van der Waals surface area contributed by atoms with Crippen molar-refractivity contribution in [3.05, 3.63) is 58.7 Å². The highest BCUT2D eigenvalue weighted by atomic mass is 16.6. The van der Waals surface area contributed by atoms with Crippen LogP contribution >= 0.6 is 0 Å². The molecule has 0 radical (unpaired) electrons. The number of benzene rings is 2. The number of hydrogen-bond acceptors (Lipinski definition) is 12. The van der Waals surface area contributed by atoms with Gasteiger partial charge in [-0.2, -0.15) is 0 Å². The predicted octanol–water partition coefficient (Wildman–Crippen LogP) is 1.83. The fourth-order valence-electron chi connectivity index (χ4n) is 3.51. The quantitative estimate of drug-likeness (QED) is 0.167. The van der Waals surface area contributed by atoms with Gasteiger partial charge in [0.25, 0.3) is 0 Å². The molecular weight excluding hydrogens is 504 g/mol. The molecule has 0 aromatic heterocycles. The lowest BCUT2D eigenvalue weighted by molar-refractivity contribution is -0.00699. The minimum absolute atomic E-state index is 0.200. The van der Waals surface area contributed by atoms with Crippen molar-refractivity contribution in [3.8, 4) is 11.5 Å². The van der Waals surface area contributed by atoms with Gasteiger partial charge in [0.05, 0.1) is 75.1 Å². The number of esters is 4. The maximum Gasteiger partial charge on any atom is 0.347 e. The lowest BCUT2D eigenvalue weighted by atomic mass is 10.1. The van der Waals surface area contributed by atoms with Crippen LogP contribution in [0.2, 0.25) is 0 Å². The fraction of sp³-hybridized carbons (Fsp3) is 0.385. The van der Waals surface area contributed by atoms with E-state index in [0.717, 1.165) is 0 Å². The molecule has 0 fully saturated rings. The number of fused-ring (bicyclic) bond motifs is 2. The summed E-state index contributed by atoms with van der Waals surface area (Å²) in [6, 6.07) is 9.15. The fourth-order valence-corrected chi connectivity index (χ4v) is 3.51. The van der Waals surface area contributed by atoms with E-state index < -0.39 is 23.9 Å². The second kappa shape index (κ2) is 13.6. The van der Waals surface area contributed by atoms with Crippen LogP contribution in [0.25, 0.3) is 0 Å². The zero-order valence-electron chi connectivity index (χ0n) is 20.4. The summed E-state index contributed by atoms with van der Waals surface area (Å²) in [6.45, 7) is 3.62. The van der Waals surface area contributed by atoms with Crippen LogP contribution < -0.4 is 9.47 Å². The summed E-state index contributed by atoms with van der Waals surface area (Å²) >= 11 is 0. The number of hydrogen-bond donors (Lipinski definition) is 0. The summed E-state index contributed by atoms with van der Waals surface area (Å²) in [7, 11) is 0. The zero-order chi connectivity index (χ0) is 26.7. The number of cyclic esters (lactones) is 4. The van der Waals surface area contributed by atoms with Crippen molar-refractivity contribution in [2.24, 2.45) is 0 Å². The normalized spacial score (nSPS) is 13.8. The van der Waals surface area contributed by atoms with Crippen molar-refractivity contribution < 1.29 is 57.1 Å². The topological polar surface area (TPSA) is 142 Å². The predicted molar refractivity (Wildman–Crippen MR) is 127 cm³/mol. The van der Waals surface area contributed by atoms with E-state index in [0.29, 0.717) is 64.4 Å². The lowest BCUT2D eigenvalue weighted by Gasteiger charge is -2.09. The maximum atomic E-state index is 11.6. The molecule has 2 aliphatic heterocycles. The summed E-state index contributed by atoms with van der Waals surface area (Å²) < 4.78 is 41.8. The molecule has 0 atom stereocenters. The van der Waals surface area contributed by atoms with Crippen molar-refractivity contribution in [1.82, 2.24) is 0 Å². The van der Waals surface area contributed by atoms with Gasteiger partial charge in [0.1, 0.15) is 24.7 Å². The second-order valence-corrected chi connectivity index (χ2v) is 7.92. The van der Waals surface area contributed by atoms with Crippen LogP contribution in [0.3, 0.4) is 0 Å². The molecule has 12 nitrogen and oxygen atoms in total. The van der Waals surface area contributed by atoms with Gasteiger partial charge in [-0.1, -0.05) is 0 Å². The molecule has 0 aliphatic carbocycles. The van der Waals surface area contributed by atoms with Crippen LogP contribution in [-0.4, -0.2) is 89.9 Å². The van der Waals surface area contributed by atoms with Crippen LogP contribution in [0.1, 0.15) is 41.4 Å². The van der Waals surface area contributed by atoms with Crippen LogP contribution in [0.5, 0.6) is 11.5 Å². The van der Waals surface area contributed by atoms with Crippen molar-refractivity contribution in [3.63, 3.8) is 0 Å². The third kappa shape index (κ3) is 7.35. The van der Waals surface area contributed by atoms with Crippen molar-refractivity contribution in [2.45, 2.75) is 0 Å². The molecule has 4 rings (SSSR count). The molecule has 0 unspecified atom stereocenters. The molecule has 38 heavy (non-hydrogen) atoms. The Balaban J connectivity index is 0.922. The SMILES string of the molecule is O=C1OC(=O)c2cc(OCCOCCOCCOCCOCCOc3ccc4c(c3)C(=O)OC4=O)ccc21. The highest BCUT2D eigenvalue weighted by molar-refractivity contribution is 6.15. The first-order valence-corrected chi connectivity index (χ1v) is 11.9. The third-order valence-corrected chi connectivity index (χ3v) is 5.34. The van der Waals surface area contributed by atoms with E-state index in [1.54, 1.807) is 12.1 Å². The Hall–Kier alpha value is -3.84. The molecule has 2 aromatic rings. The van der Waals surface area contributed by atoms with E-state index in [1.807, 2.05) is 0 Å². The van der Waals surface area contributed by atoms with Crippen LogP contribution in [0.4, 0.5) is 0 Å². The summed E-state index contributed by atoms with van der Waals surface area (Å²) in [5.41, 5.74) is 0.875. The first-order chi connectivity index (χ1) is 18.5.